The second-order valence-electron chi connectivity index (χ2n) is 6.52. The first-order chi connectivity index (χ1) is 12.1. The van der Waals surface area contributed by atoms with Gasteiger partial charge in [-0.15, -0.1) is 11.8 Å². The fourth-order valence-corrected chi connectivity index (χ4v) is 3.80. The van der Waals surface area contributed by atoms with Crippen LogP contribution in [-0.2, 0) is 15.3 Å². The van der Waals surface area contributed by atoms with Gasteiger partial charge in [0.1, 0.15) is 0 Å². The second-order valence-corrected chi connectivity index (χ2v) is 7.51. The Balaban J connectivity index is 1.54. The zero-order chi connectivity index (χ0) is 18.1. The monoisotopic (exact) mass is 361 g/mol. The van der Waals surface area contributed by atoms with Crippen molar-refractivity contribution in [2.75, 3.05) is 31.9 Å². The van der Waals surface area contributed by atoms with Crippen LogP contribution in [0.1, 0.15) is 31.4 Å². The number of carbonyl (C=O) groups excluding carboxylic acids is 1. The number of hydrogen-bond donors (Lipinski definition) is 1. The molecule has 0 bridgehead atoms. The van der Waals surface area contributed by atoms with Crippen LogP contribution in [0.4, 0.5) is 0 Å². The highest BCUT2D eigenvalue weighted by Gasteiger charge is 2.21. The Hall–Kier alpha value is -1.55. The number of ether oxygens (including phenoxy) is 1. The van der Waals surface area contributed by atoms with Crippen LogP contribution < -0.4 is 5.32 Å². The summed E-state index contributed by atoms with van der Waals surface area (Å²) in [6.07, 6.45) is 1.54. The zero-order valence-electron chi connectivity index (χ0n) is 15.0. The maximum Gasteiger partial charge on any atom is 0.230 e. The van der Waals surface area contributed by atoms with Gasteiger partial charge in [0.05, 0.1) is 29.6 Å². The van der Waals surface area contributed by atoms with E-state index in [1.54, 1.807) is 11.8 Å². The maximum absolute atomic E-state index is 11.9. The summed E-state index contributed by atoms with van der Waals surface area (Å²) in [7, 11) is 0. The molecule has 6 heteroatoms. The van der Waals surface area contributed by atoms with Gasteiger partial charge in [-0.2, -0.15) is 5.26 Å². The van der Waals surface area contributed by atoms with Crippen molar-refractivity contribution in [1.82, 2.24) is 10.2 Å². The molecule has 2 atom stereocenters. The van der Waals surface area contributed by atoms with E-state index in [1.807, 2.05) is 24.3 Å². The lowest BCUT2D eigenvalue weighted by Gasteiger charge is -2.35. The molecule has 1 heterocycles. The Kier molecular flexibility index (Phi) is 8.26. The highest BCUT2D eigenvalue weighted by atomic mass is 32.2. The summed E-state index contributed by atoms with van der Waals surface area (Å²) in [5.41, 5.74) is 1.79. The van der Waals surface area contributed by atoms with E-state index in [1.165, 1.54) is 0 Å². The molecule has 1 aromatic carbocycles. The van der Waals surface area contributed by atoms with Crippen molar-refractivity contribution >= 4 is 17.7 Å². The Labute approximate surface area is 154 Å². The summed E-state index contributed by atoms with van der Waals surface area (Å²) in [6.45, 7) is 7.87. The molecule has 0 radical (unpaired) electrons. The topological polar surface area (TPSA) is 65.4 Å². The number of nitrogens with zero attached hydrogens (tertiary/aromatic N) is 2. The minimum atomic E-state index is 0.0855. The lowest BCUT2D eigenvalue weighted by molar-refractivity contribution is -0.118. The predicted octanol–water partition coefficient (Wildman–Crippen LogP) is 2.41. The molecule has 1 aromatic rings. The van der Waals surface area contributed by atoms with Gasteiger partial charge in [-0.3, -0.25) is 9.69 Å². The summed E-state index contributed by atoms with van der Waals surface area (Å²) in [5.74, 6) is 1.33. The van der Waals surface area contributed by atoms with Crippen molar-refractivity contribution in [1.29, 1.82) is 5.26 Å². The lowest BCUT2D eigenvalue weighted by atomic mass is 10.2. The van der Waals surface area contributed by atoms with Crippen molar-refractivity contribution < 1.29 is 9.53 Å². The molecule has 1 saturated heterocycles. The number of thioether (sulfide) groups is 1. The molecule has 136 valence electrons. The maximum atomic E-state index is 11.9. The third-order valence-electron chi connectivity index (χ3n) is 4.05. The SMILES string of the molecule is C[C@@H]1CN(CCCNC(=O)CSCc2ccc(C#N)cc2)C[C@H](C)O1. The number of benzene rings is 1. The standard InChI is InChI=1S/C19H27N3O2S/c1-15-11-22(12-16(2)24-15)9-3-8-21-19(23)14-25-13-18-6-4-17(10-20)5-7-18/h4-7,15-16H,3,8-9,11-14H2,1-2H3,(H,21,23)/t15-,16+. The van der Waals surface area contributed by atoms with Crippen LogP contribution in [0.3, 0.4) is 0 Å². The molecule has 1 fully saturated rings. The number of carbonyl (C=O) groups is 1. The summed E-state index contributed by atoms with van der Waals surface area (Å²) < 4.78 is 5.72. The number of rotatable bonds is 8. The van der Waals surface area contributed by atoms with Crippen LogP contribution in [0, 0.1) is 11.3 Å². The quantitative estimate of drug-likeness (QED) is 0.720. The Bertz CT molecular complexity index is 575. The fraction of sp³-hybridized carbons (Fsp3) is 0.579. The van der Waals surface area contributed by atoms with Crippen molar-refractivity contribution in [3.63, 3.8) is 0 Å². The molecule has 0 aliphatic carbocycles. The van der Waals surface area contributed by atoms with E-state index in [4.69, 9.17) is 10.00 Å². The molecule has 5 nitrogen and oxygen atoms in total. The molecule has 0 aromatic heterocycles. The van der Waals surface area contributed by atoms with E-state index in [-0.39, 0.29) is 18.1 Å². The Morgan fingerprint density at radius 2 is 2.00 bits per heavy atom. The first kappa shape index (κ1) is 19.8. The van der Waals surface area contributed by atoms with Gasteiger partial charge in [0.25, 0.3) is 0 Å². The van der Waals surface area contributed by atoms with Gasteiger partial charge in [0.2, 0.25) is 5.91 Å². The Morgan fingerprint density at radius 1 is 1.32 bits per heavy atom. The molecule has 1 aliphatic rings. The van der Waals surface area contributed by atoms with E-state index in [9.17, 15) is 4.79 Å². The van der Waals surface area contributed by atoms with E-state index in [0.717, 1.165) is 43.9 Å². The Morgan fingerprint density at radius 3 is 2.64 bits per heavy atom. The van der Waals surface area contributed by atoms with Gasteiger partial charge in [0, 0.05) is 31.9 Å². The molecule has 1 N–H and O–H groups in total. The first-order valence-electron chi connectivity index (χ1n) is 8.78. The highest BCUT2D eigenvalue weighted by Crippen LogP contribution is 2.13. The molecular formula is C19H27N3O2S. The van der Waals surface area contributed by atoms with E-state index >= 15 is 0 Å². The summed E-state index contributed by atoms with van der Waals surface area (Å²) in [5, 5.41) is 11.8. The van der Waals surface area contributed by atoms with Crippen LogP contribution in [0.2, 0.25) is 0 Å². The normalized spacial score (nSPS) is 20.8. The predicted molar refractivity (Wildman–Crippen MR) is 101 cm³/mol. The van der Waals surface area contributed by atoms with Crippen molar-refractivity contribution in [3.05, 3.63) is 35.4 Å². The van der Waals surface area contributed by atoms with Crippen molar-refractivity contribution in [2.24, 2.45) is 0 Å². The van der Waals surface area contributed by atoms with Gasteiger partial charge >= 0.3 is 0 Å². The number of nitriles is 1. The number of nitrogens with one attached hydrogen (secondary N) is 1. The number of hydrogen-bond acceptors (Lipinski definition) is 5. The first-order valence-corrected chi connectivity index (χ1v) is 9.93. The minimum Gasteiger partial charge on any atom is -0.373 e. The largest absolute Gasteiger partial charge is 0.373 e. The summed E-state index contributed by atoms with van der Waals surface area (Å²) >= 11 is 1.59. The molecule has 0 saturated carbocycles. The third-order valence-corrected chi connectivity index (χ3v) is 5.06. The highest BCUT2D eigenvalue weighted by molar-refractivity contribution is 7.99. The minimum absolute atomic E-state index is 0.0855. The molecule has 25 heavy (non-hydrogen) atoms. The average Bonchev–Trinajstić information content (AvgIpc) is 2.58. The van der Waals surface area contributed by atoms with Gasteiger partial charge in [-0.1, -0.05) is 12.1 Å². The lowest BCUT2D eigenvalue weighted by Crippen LogP contribution is -2.46. The molecule has 2 rings (SSSR count). The van der Waals surface area contributed by atoms with Gasteiger partial charge in [-0.25, -0.2) is 0 Å². The summed E-state index contributed by atoms with van der Waals surface area (Å²) in [4.78, 5) is 14.3. The van der Waals surface area contributed by atoms with Gasteiger partial charge in [-0.05, 0) is 38.0 Å². The second kappa shape index (κ2) is 10.4. The smallest absolute Gasteiger partial charge is 0.230 e. The van der Waals surface area contributed by atoms with Crippen molar-refractivity contribution in [3.8, 4) is 6.07 Å². The fourth-order valence-electron chi connectivity index (χ4n) is 2.99. The van der Waals surface area contributed by atoms with Crippen LogP contribution in [0.5, 0.6) is 0 Å². The van der Waals surface area contributed by atoms with E-state index < -0.39 is 0 Å². The summed E-state index contributed by atoms with van der Waals surface area (Å²) in [6, 6.07) is 9.60. The van der Waals surface area contributed by atoms with E-state index in [0.29, 0.717) is 11.3 Å². The molecular weight excluding hydrogens is 334 g/mol. The van der Waals surface area contributed by atoms with Gasteiger partial charge < -0.3 is 10.1 Å². The molecule has 1 amide bonds. The molecule has 0 unspecified atom stereocenters. The van der Waals surface area contributed by atoms with Gasteiger partial charge in [0.15, 0.2) is 0 Å². The number of morpholine rings is 1. The van der Waals surface area contributed by atoms with Crippen LogP contribution in [0.15, 0.2) is 24.3 Å². The van der Waals surface area contributed by atoms with Crippen LogP contribution in [0.25, 0.3) is 0 Å². The zero-order valence-corrected chi connectivity index (χ0v) is 15.8. The average molecular weight is 362 g/mol. The molecule has 0 spiro atoms. The number of amides is 1. The van der Waals surface area contributed by atoms with E-state index in [2.05, 4.69) is 30.1 Å². The molecule has 1 aliphatic heterocycles. The van der Waals surface area contributed by atoms with Crippen LogP contribution >= 0.6 is 11.8 Å². The van der Waals surface area contributed by atoms with Crippen molar-refractivity contribution in [2.45, 2.75) is 38.2 Å². The van der Waals surface area contributed by atoms with Crippen LogP contribution in [-0.4, -0.2) is 54.9 Å². The third kappa shape index (κ3) is 7.47.